The summed E-state index contributed by atoms with van der Waals surface area (Å²) in [6, 6.07) is 9.89. The number of carbonyl (C=O) groups excluding carboxylic acids is 1. The predicted octanol–water partition coefficient (Wildman–Crippen LogP) is 2.39. The van der Waals surface area contributed by atoms with Gasteiger partial charge in [0, 0.05) is 25.2 Å². The van der Waals surface area contributed by atoms with E-state index in [1.54, 1.807) is 6.20 Å². The van der Waals surface area contributed by atoms with Crippen molar-refractivity contribution in [1.82, 2.24) is 25.4 Å². The summed E-state index contributed by atoms with van der Waals surface area (Å²) in [7, 11) is 0. The van der Waals surface area contributed by atoms with Gasteiger partial charge < -0.3 is 10.1 Å². The van der Waals surface area contributed by atoms with Gasteiger partial charge in [-0.2, -0.15) is 5.10 Å². The molecule has 0 unspecified atom stereocenters. The van der Waals surface area contributed by atoms with Crippen LogP contribution in [0.3, 0.4) is 0 Å². The zero-order valence-corrected chi connectivity index (χ0v) is 16.1. The van der Waals surface area contributed by atoms with Crippen molar-refractivity contribution in [1.29, 1.82) is 0 Å². The van der Waals surface area contributed by atoms with Crippen LogP contribution in [0.1, 0.15) is 22.3 Å². The highest BCUT2D eigenvalue weighted by Crippen LogP contribution is 2.26. The lowest BCUT2D eigenvalue weighted by Crippen LogP contribution is -2.38. The summed E-state index contributed by atoms with van der Waals surface area (Å²) in [6.45, 7) is 7.17. The average molecular weight is 379 g/mol. The van der Waals surface area contributed by atoms with Gasteiger partial charge >= 0.3 is 0 Å². The van der Waals surface area contributed by atoms with Gasteiger partial charge in [-0.05, 0) is 31.5 Å². The number of hydrogen-bond acceptors (Lipinski definition) is 5. The Balaban J connectivity index is 1.48. The monoisotopic (exact) mass is 379 g/mol. The number of aromatic amines is 1. The number of morpholine rings is 1. The third kappa shape index (κ3) is 4.05. The second kappa shape index (κ2) is 8.50. The summed E-state index contributed by atoms with van der Waals surface area (Å²) in [5, 5.41) is 10.8. The molecule has 1 saturated heterocycles. The Labute approximate surface area is 164 Å². The quantitative estimate of drug-likeness (QED) is 0.643. The lowest BCUT2D eigenvalue weighted by atomic mass is 10.0. The Hall–Kier alpha value is -2.77. The summed E-state index contributed by atoms with van der Waals surface area (Å²) < 4.78 is 5.37. The second-order valence-corrected chi connectivity index (χ2v) is 7.07. The van der Waals surface area contributed by atoms with Crippen molar-refractivity contribution in [3.05, 3.63) is 47.7 Å². The number of fused-ring (bicyclic) bond motifs is 1. The topological polar surface area (TPSA) is 83.1 Å². The van der Waals surface area contributed by atoms with Crippen LogP contribution in [0.2, 0.25) is 0 Å². The predicted molar refractivity (Wildman–Crippen MR) is 108 cm³/mol. The molecule has 1 aromatic carbocycles. The number of carbonyl (C=O) groups is 1. The number of nitrogens with zero attached hydrogens (tertiary/aromatic N) is 3. The van der Waals surface area contributed by atoms with Crippen LogP contribution in [0.25, 0.3) is 22.3 Å². The molecule has 28 heavy (non-hydrogen) atoms. The molecule has 0 aliphatic carbocycles. The molecule has 0 bridgehead atoms. The van der Waals surface area contributed by atoms with Gasteiger partial charge in [-0.3, -0.25) is 14.8 Å². The standard InChI is InChI=1S/C21H25N5O2/c1-15-5-2-3-6-16(15)19-13-17(18-14-23-25-20(18)24-19)21(27)22-7-4-8-26-9-11-28-12-10-26/h2-3,5-6,13-14H,4,7-12H2,1H3,(H,22,27)(H,23,24,25). The van der Waals surface area contributed by atoms with Crippen LogP contribution >= 0.6 is 0 Å². The minimum absolute atomic E-state index is 0.0920. The number of nitrogens with one attached hydrogen (secondary N) is 2. The van der Waals surface area contributed by atoms with Gasteiger partial charge in [-0.1, -0.05) is 24.3 Å². The van der Waals surface area contributed by atoms with Crippen LogP contribution in [0.5, 0.6) is 0 Å². The van der Waals surface area contributed by atoms with E-state index in [2.05, 4.69) is 25.4 Å². The molecule has 3 heterocycles. The van der Waals surface area contributed by atoms with Crippen molar-refractivity contribution in [2.45, 2.75) is 13.3 Å². The molecule has 0 spiro atoms. The second-order valence-electron chi connectivity index (χ2n) is 7.07. The molecule has 1 aliphatic heterocycles. The minimum Gasteiger partial charge on any atom is -0.379 e. The third-order valence-electron chi connectivity index (χ3n) is 5.13. The number of rotatable bonds is 6. The molecule has 3 aromatic rings. The Bertz CT molecular complexity index is 962. The van der Waals surface area contributed by atoms with E-state index in [9.17, 15) is 4.79 Å². The fourth-order valence-electron chi connectivity index (χ4n) is 3.54. The smallest absolute Gasteiger partial charge is 0.252 e. The van der Waals surface area contributed by atoms with Gasteiger partial charge in [0.2, 0.25) is 0 Å². The first-order chi connectivity index (χ1) is 13.7. The molecule has 2 aromatic heterocycles. The van der Waals surface area contributed by atoms with Gasteiger partial charge in [0.05, 0.1) is 36.1 Å². The van der Waals surface area contributed by atoms with E-state index in [1.807, 2.05) is 37.3 Å². The average Bonchev–Trinajstić information content (AvgIpc) is 3.20. The van der Waals surface area contributed by atoms with E-state index < -0.39 is 0 Å². The number of benzene rings is 1. The molecule has 146 valence electrons. The van der Waals surface area contributed by atoms with Crippen LogP contribution in [0.4, 0.5) is 0 Å². The van der Waals surface area contributed by atoms with Crippen LogP contribution in [0.15, 0.2) is 36.5 Å². The molecule has 0 atom stereocenters. The number of ether oxygens (including phenoxy) is 1. The van der Waals surface area contributed by atoms with Gasteiger partial charge in [0.1, 0.15) is 0 Å². The van der Waals surface area contributed by atoms with E-state index in [1.165, 1.54) is 0 Å². The molecule has 0 saturated carbocycles. The van der Waals surface area contributed by atoms with E-state index in [-0.39, 0.29) is 5.91 Å². The van der Waals surface area contributed by atoms with Gasteiger partial charge in [0.25, 0.3) is 5.91 Å². The first-order valence-electron chi connectivity index (χ1n) is 9.71. The number of H-pyrrole nitrogens is 1. The molecule has 2 N–H and O–H groups in total. The summed E-state index contributed by atoms with van der Waals surface area (Å²) in [4.78, 5) is 19.9. The highest BCUT2D eigenvalue weighted by molar-refractivity contribution is 6.06. The van der Waals surface area contributed by atoms with Crippen LogP contribution in [-0.4, -0.2) is 65.4 Å². The molecule has 7 nitrogen and oxygen atoms in total. The first-order valence-corrected chi connectivity index (χ1v) is 9.71. The highest BCUT2D eigenvalue weighted by Gasteiger charge is 2.16. The summed E-state index contributed by atoms with van der Waals surface area (Å²) in [5.41, 5.74) is 4.13. The minimum atomic E-state index is -0.0920. The highest BCUT2D eigenvalue weighted by atomic mass is 16.5. The molecular weight excluding hydrogens is 354 g/mol. The molecule has 1 aliphatic rings. The SMILES string of the molecule is Cc1ccccc1-c1cc(C(=O)NCCCN2CCOCC2)c2cn[nH]c2n1. The third-order valence-corrected chi connectivity index (χ3v) is 5.13. The van der Waals surface area contributed by atoms with Crippen molar-refractivity contribution in [2.24, 2.45) is 0 Å². The number of pyridine rings is 1. The normalized spacial score (nSPS) is 15.0. The van der Waals surface area contributed by atoms with E-state index in [0.717, 1.165) is 61.5 Å². The summed E-state index contributed by atoms with van der Waals surface area (Å²) >= 11 is 0. The maximum Gasteiger partial charge on any atom is 0.252 e. The van der Waals surface area contributed by atoms with E-state index >= 15 is 0 Å². The molecule has 0 radical (unpaired) electrons. The molecule has 7 heteroatoms. The Kier molecular flexibility index (Phi) is 5.64. The maximum atomic E-state index is 12.9. The lowest BCUT2D eigenvalue weighted by Gasteiger charge is -2.26. The van der Waals surface area contributed by atoms with Crippen molar-refractivity contribution >= 4 is 16.9 Å². The molecular formula is C21H25N5O2. The number of aromatic nitrogens is 3. The molecule has 4 rings (SSSR count). The number of amides is 1. The first kappa shape index (κ1) is 18.6. The van der Waals surface area contributed by atoms with E-state index in [0.29, 0.717) is 17.8 Å². The largest absolute Gasteiger partial charge is 0.379 e. The number of hydrogen-bond donors (Lipinski definition) is 2. The van der Waals surface area contributed by atoms with Gasteiger partial charge in [0.15, 0.2) is 5.65 Å². The summed E-state index contributed by atoms with van der Waals surface area (Å²) in [6.07, 6.45) is 2.57. The van der Waals surface area contributed by atoms with Crippen molar-refractivity contribution in [2.75, 3.05) is 39.4 Å². The van der Waals surface area contributed by atoms with Gasteiger partial charge in [-0.15, -0.1) is 0 Å². The Morgan fingerprint density at radius 1 is 1.29 bits per heavy atom. The Morgan fingerprint density at radius 2 is 2.11 bits per heavy atom. The maximum absolute atomic E-state index is 12.9. The van der Waals surface area contributed by atoms with Crippen molar-refractivity contribution in [3.63, 3.8) is 0 Å². The van der Waals surface area contributed by atoms with Gasteiger partial charge in [-0.25, -0.2) is 4.98 Å². The Morgan fingerprint density at radius 3 is 2.93 bits per heavy atom. The zero-order valence-electron chi connectivity index (χ0n) is 16.1. The number of aryl methyl sites for hydroxylation is 1. The van der Waals surface area contributed by atoms with Crippen molar-refractivity contribution in [3.8, 4) is 11.3 Å². The van der Waals surface area contributed by atoms with Crippen LogP contribution in [0, 0.1) is 6.92 Å². The molecule has 1 fully saturated rings. The molecule has 1 amide bonds. The van der Waals surface area contributed by atoms with Crippen molar-refractivity contribution < 1.29 is 9.53 Å². The fraction of sp³-hybridized carbons (Fsp3) is 0.381. The fourth-order valence-corrected chi connectivity index (χ4v) is 3.54. The zero-order chi connectivity index (χ0) is 19.3. The van der Waals surface area contributed by atoms with Crippen LogP contribution < -0.4 is 5.32 Å². The van der Waals surface area contributed by atoms with E-state index in [4.69, 9.17) is 4.74 Å². The lowest BCUT2D eigenvalue weighted by molar-refractivity contribution is 0.0374. The van der Waals surface area contributed by atoms with Crippen LogP contribution in [-0.2, 0) is 4.74 Å². The summed E-state index contributed by atoms with van der Waals surface area (Å²) in [5.74, 6) is -0.0920.